The molecule has 0 aliphatic heterocycles. The van der Waals surface area contributed by atoms with Crippen molar-refractivity contribution in [3.8, 4) is 0 Å². The van der Waals surface area contributed by atoms with Crippen LogP contribution in [0.4, 0.5) is 0 Å². The molecular formula is C31H44ClN3O. The van der Waals surface area contributed by atoms with Gasteiger partial charge in [0, 0.05) is 12.0 Å². The van der Waals surface area contributed by atoms with Crippen LogP contribution in [-0.2, 0) is 28.7 Å². The van der Waals surface area contributed by atoms with Crippen LogP contribution in [0.3, 0.4) is 0 Å². The maximum absolute atomic E-state index is 13.6. The summed E-state index contributed by atoms with van der Waals surface area (Å²) in [7, 11) is 0. The minimum absolute atomic E-state index is 0. The molecule has 0 fully saturated rings. The summed E-state index contributed by atoms with van der Waals surface area (Å²) in [5.41, 5.74) is 4.84. The summed E-state index contributed by atoms with van der Waals surface area (Å²) in [4.78, 5) is 13.6. The minimum Gasteiger partial charge on any atom is -1.00 e. The van der Waals surface area contributed by atoms with Gasteiger partial charge in [-0.25, -0.2) is 9.13 Å². The fourth-order valence-corrected chi connectivity index (χ4v) is 4.37. The van der Waals surface area contributed by atoms with Crippen LogP contribution in [0.15, 0.2) is 67.3 Å². The van der Waals surface area contributed by atoms with Gasteiger partial charge in [0.2, 0.25) is 6.33 Å². The third kappa shape index (κ3) is 7.70. The first-order valence-corrected chi connectivity index (χ1v) is 12.7. The van der Waals surface area contributed by atoms with Gasteiger partial charge in [-0.15, -0.1) is 0 Å². The van der Waals surface area contributed by atoms with E-state index in [0.717, 1.165) is 12.1 Å². The number of hydrogen-bond acceptors (Lipinski definition) is 1. The van der Waals surface area contributed by atoms with E-state index in [4.69, 9.17) is 0 Å². The van der Waals surface area contributed by atoms with Gasteiger partial charge in [-0.1, -0.05) is 111 Å². The zero-order valence-corrected chi connectivity index (χ0v) is 24.3. The lowest BCUT2D eigenvalue weighted by molar-refractivity contribution is -0.688. The van der Waals surface area contributed by atoms with Crippen molar-refractivity contribution in [1.29, 1.82) is 0 Å². The van der Waals surface area contributed by atoms with Gasteiger partial charge in [0.15, 0.2) is 6.04 Å². The number of carbonyl (C=O) groups excluding carboxylic acids is 1. The minimum atomic E-state index is -0.313. The summed E-state index contributed by atoms with van der Waals surface area (Å²) >= 11 is 0. The average molecular weight is 510 g/mol. The maximum atomic E-state index is 13.6. The highest BCUT2D eigenvalue weighted by molar-refractivity contribution is 5.81. The van der Waals surface area contributed by atoms with Crippen LogP contribution in [0.5, 0.6) is 0 Å². The summed E-state index contributed by atoms with van der Waals surface area (Å²) in [6, 6.07) is 16.9. The molecule has 36 heavy (non-hydrogen) atoms. The van der Waals surface area contributed by atoms with E-state index < -0.39 is 0 Å². The predicted octanol–water partition coefficient (Wildman–Crippen LogP) is 3.33. The Morgan fingerprint density at radius 3 is 1.92 bits per heavy atom. The Morgan fingerprint density at radius 2 is 1.42 bits per heavy atom. The molecule has 3 rings (SSSR count). The number of nitrogens with zero attached hydrogens (tertiary/aromatic N) is 2. The van der Waals surface area contributed by atoms with Crippen molar-refractivity contribution in [3.63, 3.8) is 0 Å². The van der Waals surface area contributed by atoms with Crippen molar-refractivity contribution in [3.05, 3.63) is 89.5 Å². The molecule has 0 unspecified atom stereocenters. The fraction of sp³-hybridized carbons (Fsp3) is 0.484. The van der Waals surface area contributed by atoms with Crippen LogP contribution >= 0.6 is 0 Å². The molecule has 1 N–H and O–H groups in total. The Kier molecular flexibility index (Phi) is 9.23. The van der Waals surface area contributed by atoms with Crippen LogP contribution in [0.25, 0.3) is 0 Å². The predicted molar refractivity (Wildman–Crippen MR) is 144 cm³/mol. The number of nitrogens with one attached hydrogen (secondary N) is 1. The Hall–Kier alpha value is -2.59. The molecule has 0 saturated heterocycles. The van der Waals surface area contributed by atoms with E-state index in [-0.39, 0.29) is 40.6 Å². The molecule has 4 nitrogen and oxygen atoms in total. The zero-order chi connectivity index (χ0) is 26.0. The van der Waals surface area contributed by atoms with Gasteiger partial charge in [0.05, 0.1) is 0 Å². The van der Waals surface area contributed by atoms with Crippen molar-refractivity contribution in [1.82, 2.24) is 9.88 Å². The fourth-order valence-electron chi connectivity index (χ4n) is 4.37. The molecule has 196 valence electrons. The summed E-state index contributed by atoms with van der Waals surface area (Å²) < 4.78 is 4.17. The molecule has 3 aromatic rings. The lowest BCUT2D eigenvalue weighted by Crippen LogP contribution is -3.00. The summed E-state index contributed by atoms with van der Waals surface area (Å²) in [5, 5.41) is 3.25. The quantitative estimate of drug-likeness (QED) is 0.508. The second-order valence-corrected chi connectivity index (χ2v) is 12.9. The number of halogens is 1. The van der Waals surface area contributed by atoms with E-state index in [1.165, 1.54) is 16.7 Å². The summed E-state index contributed by atoms with van der Waals surface area (Å²) in [6.07, 6.45) is 6.10. The van der Waals surface area contributed by atoms with Crippen LogP contribution in [0.2, 0.25) is 0 Å². The van der Waals surface area contributed by atoms with Crippen molar-refractivity contribution < 1.29 is 21.8 Å². The highest BCUT2D eigenvalue weighted by Crippen LogP contribution is 2.32. The largest absolute Gasteiger partial charge is 1.00 e. The first kappa shape index (κ1) is 29.6. The topological polar surface area (TPSA) is 37.9 Å². The summed E-state index contributed by atoms with van der Waals surface area (Å²) in [5.74, 6) is 0.0402. The normalized spacial score (nSPS) is 13.1. The molecule has 0 spiro atoms. The van der Waals surface area contributed by atoms with Crippen LogP contribution in [0, 0.1) is 5.41 Å². The Balaban J connectivity index is 0.00000456. The number of aromatic nitrogens is 2. The Bertz CT molecular complexity index is 1110. The van der Waals surface area contributed by atoms with Gasteiger partial charge in [-0.05, 0) is 33.1 Å². The molecule has 0 aliphatic rings. The van der Waals surface area contributed by atoms with Gasteiger partial charge < -0.3 is 17.7 Å². The zero-order valence-electron chi connectivity index (χ0n) is 23.5. The number of amides is 1. The second kappa shape index (κ2) is 11.2. The number of hydrogen-bond donors (Lipinski definition) is 1. The molecule has 5 heteroatoms. The smallest absolute Gasteiger partial charge is 0.266 e. The van der Waals surface area contributed by atoms with Gasteiger partial charge >= 0.3 is 0 Å². The van der Waals surface area contributed by atoms with E-state index in [1.54, 1.807) is 0 Å². The molecule has 1 amide bonds. The van der Waals surface area contributed by atoms with Crippen LogP contribution in [-0.4, -0.2) is 10.5 Å². The maximum Gasteiger partial charge on any atom is 0.266 e. The third-order valence-electron chi connectivity index (χ3n) is 6.48. The number of carbonyl (C=O) groups is 1. The van der Waals surface area contributed by atoms with Gasteiger partial charge in [0.1, 0.15) is 18.9 Å². The third-order valence-corrected chi connectivity index (χ3v) is 6.48. The SMILES string of the molecule is CC(C)(C)c1cc(CNC(=O)[C@@H](n2cc[n+](Cc3ccccc3)c2)C(C)(C)C)cc(C(C)(C)C)c1.[Cl-]. The molecule has 0 radical (unpaired) electrons. The van der Waals surface area contributed by atoms with Crippen molar-refractivity contribution in [2.45, 2.75) is 92.3 Å². The molecule has 2 aromatic carbocycles. The standard InChI is InChI=1S/C31H43N3O.ClH/c1-29(2,3)25-17-24(18-26(19-25)30(4,5)6)20-32-28(35)27(31(7,8)9)34-16-15-33(22-34)21-23-13-11-10-12-14-23;/h10-19,22,27H,20-21H2,1-9H3;1H/t27-;/m1./s1. The Morgan fingerprint density at radius 1 is 0.861 bits per heavy atom. The number of imidazole rings is 1. The molecule has 0 bridgehead atoms. The van der Waals surface area contributed by atoms with Crippen LogP contribution < -0.4 is 22.3 Å². The lowest BCUT2D eigenvalue weighted by Gasteiger charge is -2.28. The monoisotopic (exact) mass is 509 g/mol. The van der Waals surface area contributed by atoms with Crippen LogP contribution in [0.1, 0.15) is 90.6 Å². The molecule has 1 atom stereocenters. The first-order valence-electron chi connectivity index (χ1n) is 12.7. The second-order valence-electron chi connectivity index (χ2n) is 12.9. The van der Waals surface area contributed by atoms with Gasteiger partial charge in [0.25, 0.3) is 5.91 Å². The molecule has 1 heterocycles. The van der Waals surface area contributed by atoms with E-state index >= 15 is 0 Å². The van der Waals surface area contributed by atoms with Gasteiger partial charge in [-0.2, -0.15) is 0 Å². The van der Waals surface area contributed by atoms with E-state index in [1.807, 2.05) is 29.4 Å². The highest BCUT2D eigenvalue weighted by Gasteiger charge is 2.37. The van der Waals surface area contributed by atoms with Crippen molar-refractivity contribution >= 4 is 5.91 Å². The molecule has 0 aliphatic carbocycles. The Labute approximate surface area is 224 Å². The van der Waals surface area contributed by atoms with Crippen molar-refractivity contribution in [2.24, 2.45) is 5.41 Å². The highest BCUT2D eigenvalue weighted by atomic mass is 35.5. The first-order chi connectivity index (χ1) is 16.1. The van der Waals surface area contributed by atoms with E-state index in [2.05, 4.69) is 115 Å². The lowest BCUT2D eigenvalue weighted by atomic mass is 9.79. The molecular weight excluding hydrogens is 466 g/mol. The van der Waals surface area contributed by atoms with E-state index in [0.29, 0.717) is 6.54 Å². The number of benzene rings is 2. The summed E-state index contributed by atoms with van der Waals surface area (Å²) in [6.45, 7) is 21.1. The van der Waals surface area contributed by atoms with E-state index in [9.17, 15) is 4.79 Å². The number of rotatable bonds is 6. The molecule has 0 saturated carbocycles. The van der Waals surface area contributed by atoms with Gasteiger partial charge in [-0.3, -0.25) is 4.79 Å². The van der Waals surface area contributed by atoms with Crippen molar-refractivity contribution in [2.75, 3.05) is 0 Å². The molecule has 1 aromatic heterocycles. The average Bonchev–Trinajstić information content (AvgIpc) is 3.18.